The Hall–Kier alpha value is -4.29. The van der Waals surface area contributed by atoms with Crippen LogP contribution in [0.25, 0.3) is 22.2 Å². The summed E-state index contributed by atoms with van der Waals surface area (Å²) in [6, 6.07) is 31.8. The maximum absolute atomic E-state index is 14.5. The van der Waals surface area contributed by atoms with Crippen LogP contribution < -0.4 is 5.32 Å². The van der Waals surface area contributed by atoms with E-state index in [4.69, 9.17) is 23.2 Å². The highest BCUT2D eigenvalue weighted by atomic mass is 35.5. The molecule has 1 aliphatic heterocycles. The van der Waals surface area contributed by atoms with Crippen molar-refractivity contribution in [2.75, 3.05) is 18.4 Å². The molecule has 0 saturated carbocycles. The summed E-state index contributed by atoms with van der Waals surface area (Å²) in [7, 11) is 0. The molecule has 240 valence electrons. The van der Waals surface area contributed by atoms with Gasteiger partial charge >= 0.3 is 0 Å². The van der Waals surface area contributed by atoms with E-state index in [0.29, 0.717) is 15.7 Å². The summed E-state index contributed by atoms with van der Waals surface area (Å²) < 4.78 is 0. The van der Waals surface area contributed by atoms with Gasteiger partial charge in [0.05, 0.1) is 11.7 Å². The Balaban J connectivity index is 1.50. The first-order chi connectivity index (χ1) is 22.8. The number of aromatic amines is 1. The molecule has 2 heterocycles. The van der Waals surface area contributed by atoms with Gasteiger partial charge in [-0.3, -0.25) is 9.69 Å². The van der Waals surface area contributed by atoms with Gasteiger partial charge < -0.3 is 15.2 Å². The van der Waals surface area contributed by atoms with Crippen molar-refractivity contribution >= 4 is 57.0 Å². The zero-order valence-electron chi connectivity index (χ0n) is 26.9. The Kier molecular flexibility index (Phi) is 10.2. The number of allylic oxidation sites excluding steroid dienone is 1. The van der Waals surface area contributed by atoms with Crippen molar-refractivity contribution < 1.29 is 4.79 Å². The Labute approximate surface area is 287 Å². The van der Waals surface area contributed by atoms with Gasteiger partial charge in [0.15, 0.2) is 0 Å². The maximum atomic E-state index is 14.5. The Morgan fingerprint density at radius 1 is 0.936 bits per heavy atom. The van der Waals surface area contributed by atoms with Crippen LogP contribution in [0.15, 0.2) is 110 Å². The maximum Gasteiger partial charge on any atom is 0.272 e. The van der Waals surface area contributed by atoms with Crippen molar-refractivity contribution in [1.82, 2.24) is 14.8 Å². The van der Waals surface area contributed by atoms with Crippen molar-refractivity contribution in [2.24, 2.45) is 0 Å². The molecule has 1 atom stereocenters. The molecule has 1 saturated heterocycles. The lowest BCUT2D eigenvalue weighted by Crippen LogP contribution is -2.29. The number of benzene rings is 4. The second-order valence-electron chi connectivity index (χ2n) is 12.2. The number of halogens is 2. The molecule has 2 N–H and O–H groups in total. The number of fused-ring (bicyclic) bond motifs is 1. The minimum Gasteiger partial charge on any atom is -0.350 e. The number of carbonyl (C=O) groups is 1. The molecule has 1 fully saturated rings. The molecule has 0 bridgehead atoms. The van der Waals surface area contributed by atoms with Crippen LogP contribution in [0.4, 0.5) is 5.69 Å². The van der Waals surface area contributed by atoms with Gasteiger partial charge in [-0.25, -0.2) is 0 Å². The van der Waals surface area contributed by atoms with Crippen LogP contribution in [0.1, 0.15) is 71.9 Å². The van der Waals surface area contributed by atoms with E-state index in [1.165, 1.54) is 19.3 Å². The predicted octanol–water partition coefficient (Wildman–Crippen LogP) is 10.8. The average Bonchev–Trinajstić information content (AvgIpc) is 3.46. The van der Waals surface area contributed by atoms with Crippen molar-refractivity contribution in [3.05, 3.63) is 148 Å². The molecule has 5 nitrogen and oxygen atoms in total. The lowest BCUT2D eigenvalue weighted by atomic mass is 9.95. The summed E-state index contributed by atoms with van der Waals surface area (Å²) in [4.78, 5) is 22.6. The smallest absolute Gasteiger partial charge is 0.272 e. The zero-order chi connectivity index (χ0) is 32.9. The molecular formula is C40H40Cl2N4O. The molecule has 0 radical (unpaired) electrons. The molecular weight excluding hydrogens is 623 g/mol. The number of amides is 1. The molecule has 1 unspecified atom stereocenters. The lowest BCUT2D eigenvalue weighted by molar-refractivity contribution is 0.102. The minimum atomic E-state index is -0.222. The first-order valence-corrected chi connectivity index (χ1v) is 17.0. The molecule has 1 amide bonds. The van der Waals surface area contributed by atoms with Crippen molar-refractivity contribution in [3.8, 4) is 0 Å². The number of rotatable bonds is 10. The summed E-state index contributed by atoms with van der Waals surface area (Å²) in [5.41, 5.74) is 7.90. The van der Waals surface area contributed by atoms with E-state index in [0.717, 1.165) is 69.7 Å². The summed E-state index contributed by atoms with van der Waals surface area (Å²) in [5.74, 6) is -0.222. The SMILES string of the molecule is C=CN(/C(=C(\C)c1ccccc1)c1c(C(=O)Nc2ccccc2CN2CCCCC2)[nH]c2cc(Cl)ccc12)C(C)c1ccc(Cl)cc1. The van der Waals surface area contributed by atoms with Crippen LogP contribution in [0.3, 0.4) is 0 Å². The van der Waals surface area contributed by atoms with Gasteiger partial charge in [-0.05, 0) is 98.6 Å². The van der Waals surface area contributed by atoms with Crippen molar-refractivity contribution in [1.29, 1.82) is 0 Å². The molecule has 1 aliphatic rings. The molecule has 5 aromatic rings. The third-order valence-corrected chi connectivity index (χ3v) is 9.61. The van der Waals surface area contributed by atoms with E-state index in [-0.39, 0.29) is 11.9 Å². The molecule has 1 aromatic heterocycles. The summed E-state index contributed by atoms with van der Waals surface area (Å²) in [6.45, 7) is 11.4. The first-order valence-electron chi connectivity index (χ1n) is 16.2. The number of anilines is 1. The number of piperidine rings is 1. The van der Waals surface area contributed by atoms with Crippen molar-refractivity contribution in [3.63, 3.8) is 0 Å². The molecule has 0 aliphatic carbocycles. The number of para-hydroxylation sites is 1. The van der Waals surface area contributed by atoms with Gasteiger partial charge in [0.2, 0.25) is 0 Å². The van der Waals surface area contributed by atoms with Gasteiger partial charge in [-0.15, -0.1) is 0 Å². The Bertz CT molecular complexity index is 1910. The normalized spacial score (nSPS) is 14.8. The summed E-state index contributed by atoms with van der Waals surface area (Å²) in [5, 5.41) is 5.43. The van der Waals surface area contributed by atoms with Crippen LogP contribution in [0, 0.1) is 0 Å². The molecule has 0 spiro atoms. The summed E-state index contributed by atoms with van der Waals surface area (Å²) >= 11 is 12.8. The van der Waals surface area contributed by atoms with Gasteiger partial charge in [0.1, 0.15) is 5.69 Å². The van der Waals surface area contributed by atoms with E-state index in [2.05, 4.69) is 58.7 Å². The van der Waals surface area contributed by atoms with Gasteiger partial charge in [0, 0.05) is 38.7 Å². The second-order valence-corrected chi connectivity index (χ2v) is 13.0. The zero-order valence-corrected chi connectivity index (χ0v) is 28.4. The predicted molar refractivity (Wildman–Crippen MR) is 198 cm³/mol. The summed E-state index contributed by atoms with van der Waals surface area (Å²) in [6.07, 6.45) is 5.53. The van der Waals surface area contributed by atoms with E-state index in [9.17, 15) is 4.79 Å². The van der Waals surface area contributed by atoms with Gasteiger partial charge in [-0.2, -0.15) is 0 Å². The van der Waals surface area contributed by atoms with E-state index >= 15 is 0 Å². The van der Waals surface area contributed by atoms with Crippen LogP contribution in [-0.4, -0.2) is 33.8 Å². The van der Waals surface area contributed by atoms with E-state index in [1.807, 2.05) is 85.1 Å². The standard InChI is InChI=1S/C40H40Cl2N4O/c1-4-46(28(3)30-17-19-32(41)20-18-30)39(27(2)29-13-7-5-8-14-29)37-34-22-21-33(42)25-36(34)43-38(37)40(47)44-35-16-10-9-15-31(35)26-45-23-11-6-12-24-45/h4-5,7-10,13-22,25,28,43H,1,6,11-12,23-24,26H2,2-3H3,(H,44,47)/b39-27+. The monoisotopic (exact) mass is 662 g/mol. The lowest BCUT2D eigenvalue weighted by Gasteiger charge is -2.33. The number of nitrogens with zero attached hydrogens (tertiary/aromatic N) is 2. The fourth-order valence-electron chi connectivity index (χ4n) is 6.59. The van der Waals surface area contributed by atoms with E-state index in [1.54, 1.807) is 0 Å². The fourth-order valence-corrected chi connectivity index (χ4v) is 6.89. The topological polar surface area (TPSA) is 51.4 Å². The van der Waals surface area contributed by atoms with E-state index < -0.39 is 0 Å². The third kappa shape index (κ3) is 7.18. The molecule has 6 rings (SSSR count). The highest BCUT2D eigenvalue weighted by molar-refractivity contribution is 6.31. The second kappa shape index (κ2) is 14.6. The highest BCUT2D eigenvalue weighted by Crippen LogP contribution is 2.41. The number of nitrogens with one attached hydrogen (secondary N) is 2. The number of carbonyl (C=O) groups excluding carboxylic acids is 1. The number of H-pyrrole nitrogens is 1. The Morgan fingerprint density at radius 3 is 2.34 bits per heavy atom. The highest BCUT2D eigenvalue weighted by Gasteiger charge is 2.29. The number of aromatic nitrogens is 1. The molecule has 7 heteroatoms. The Morgan fingerprint density at radius 2 is 1.62 bits per heavy atom. The van der Waals surface area contributed by atoms with Crippen molar-refractivity contribution in [2.45, 2.75) is 45.7 Å². The number of hydrogen-bond donors (Lipinski definition) is 2. The largest absolute Gasteiger partial charge is 0.350 e. The number of likely N-dealkylation sites (tertiary alicyclic amines) is 1. The van der Waals surface area contributed by atoms with Gasteiger partial charge in [-0.1, -0.05) is 103 Å². The third-order valence-electron chi connectivity index (χ3n) is 9.12. The van der Waals surface area contributed by atoms with Crippen LogP contribution in [0.2, 0.25) is 10.0 Å². The van der Waals surface area contributed by atoms with Crippen LogP contribution in [0.5, 0.6) is 0 Å². The molecule has 4 aromatic carbocycles. The quantitative estimate of drug-likeness (QED) is 0.156. The fraction of sp³-hybridized carbons (Fsp3) is 0.225. The molecule has 47 heavy (non-hydrogen) atoms. The first kappa shape index (κ1) is 32.6. The minimum absolute atomic E-state index is 0.128. The van der Waals surface area contributed by atoms with Crippen LogP contribution in [-0.2, 0) is 6.54 Å². The average molecular weight is 664 g/mol. The van der Waals surface area contributed by atoms with Crippen LogP contribution >= 0.6 is 23.2 Å². The van der Waals surface area contributed by atoms with Gasteiger partial charge in [0.25, 0.3) is 5.91 Å². The number of hydrogen-bond acceptors (Lipinski definition) is 3.